The molecule has 1 aliphatic heterocycles. The number of piperidine rings is 1. The van der Waals surface area contributed by atoms with Gasteiger partial charge in [-0.25, -0.2) is 9.67 Å². The molecule has 1 aromatic carbocycles. The van der Waals surface area contributed by atoms with Gasteiger partial charge in [0.05, 0.1) is 29.9 Å². The van der Waals surface area contributed by atoms with Gasteiger partial charge in [0.2, 0.25) is 11.9 Å². The van der Waals surface area contributed by atoms with Crippen LogP contribution in [0.2, 0.25) is 0 Å². The lowest BCUT2D eigenvalue weighted by molar-refractivity contribution is -0.125. The van der Waals surface area contributed by atoms with Crippen LogP contribution in [0.4, 0.5) is 23.1 Å². The van der Waals surface area contributed by atoms with Crippen molar-refractivity contribution in [1.82, 2.24) is 30.3 Å². The Morgan fingerprint density at radius 2 is 2.19 bits per heavy atom. The Morgan fingerprint density at radius 3 is 2.97 bits per heavy atom. The van der Waals surface area contributed by atoms with E-state index >= 15 is 0 Å². The summed E-state index contributed by atoms with van der Waals surface area (Å²) in [6, 6.07) is 6.11. The number of nitrogen functional groups attached to an aromatic ring is 1. The number of carbonyl (C=O) groups excluding carboxylic acids is 1. The van der Waals surface area contributed by atoms with E-state index in [9.17, 15) is 4.79 Å². The molecule has 5 rings (SSSR count). The van der Waals surface area contributed by atoms with Gasteiger partial charge in [-0.3, -0.25) is 4.79 Å². The van der Waals surface area contributed by atoms with E-state index in [0.717, 1.165) is 54.6 Å². The molecule has 1 atom stereocenters. The Kier molecular flexibility index (Phi) is 5.34. The number of carbonyl (C=O) groups is 1. The summed E-state index contributed by atoms with van der Waals surface area (Å²) < 4.78 is 1.78. The van der Waals surface area contributed by atoms with Gasteiger partial charge in [-0.15, -0.1) is 11.7 Å². The van der Waals surface area contributed by atoms with E-state index in [1.54, 1.807) is 17.0 Å². The standard InChI is InChI=1S/C22H27N9O/c1-2-9-31-18-11-16(7-8-17(18)28-29-31)26-22-24-12-19(20(23)27-22)30-10-3-4-14(13-30)21(32)25-15-5-6-15/h2,7-8,11-12,14-15H,1,3-6,9-10,13H2,(H,25,32)(H3,23,24,26,27)/t14-/m0/s1. The monoisotopic (exact) mass is 433 g/mol. The first-order valence-corrected chi connectivity index (χ1v) is 11.0. The summed E-state index contributed by atoms with van der Waals surface area (Å²) in [5.41, 5.74) is 9.56. The van der Waals surface area contributed by atoms with Crippen LogP contribution >= 0.6 is 0 Å². The van der Waals surface area contributed by atoms with E-state index < -0.39 is 0 Å². The zero-order valence-corrected chi connectivity index (χ0v) is 17.9. The van der Waals surface area contributed by atoms with Crippen LogP contribution in [-0.2, 0) is 11.3 Å². The number of hydrogen-bond acceptors (Lipinski definition) is 8. The van der Waals surface area contributed by atoms with Crippen molar-refractivity contribution in [2.24, 2.45) is 5.92 Å². The molecule has 1 saturated heterocycles. The van der Waals surface area contributed by atoms with Crippen molar-refractivity contribution < 1.29 is 4.79 Å². The maximum absolute atomic E-state index is 12.5. The van der Waals surface area contributed by atoms with Gasteiger partial charge >= 0.3 is 0 Å². The summed E-state index contributed by atoms with van der Waals surface area (Å²) in [5.74, 6) is 0.927. The zero-order chi connectivity index (χ0) is 22.1. The fourth-order valence-corrected chi connectivity index (χ4v) is 4.08. The lowest BCUT2D eigenvalue weighted by Crippen LogP contribution is -2.44. The van der Waals surface area contributed by atoms with Crippen molar-refractivity contribution in [3.63, 3.8) is 0 Å². The minimum atomic E-state index is -0.0256. The summed E-state index contributed by atoms with van der Waals surface area (Å²) >= 11 is 0. The molecule has 2 aliphatic rings. The topological polar surface area (TPSA) is 127 Å². The first-order chi connectivity index (χ1) is 15.6. The summed E-state index contributed by atoms with van der Waals surface area (Å²) in [4.78, 5) is 23.5. The van der Waals surface area contributed by atoms with Crippen LogP contribution in [0.1, 0.15) is 25.7 Å². The van der Waals surface area contributed by atoms with Gasteiger partial charge in [-0.05, 0) is 43.9 Å². The van der Waals surface area contributed by atoms with Gasteiger partial charge in [-0.2, -0.15) is 4.98 Å². The molecule has 3 heterocycles. The molecule has 1 amide bonds. The third-order valence-corrected chi connectivity index (χ3v) is 5.93. The number of nitrogens with one attached hydrogen (secondary N) is 2. The fourth-order valence-electron chi connectivity index (χ4n) is 4.08. The van der Waals surface area contributed by atoms with Crippen LogP contribution in [0, 0.1) is 5.92 Å². The van der Waals surface area contributed by atoms with Gasteiger partial charge < -0.3 is 21.3 Å². The molecule has 2 fully saturated rings. The zero-order valence-electron chi connectivity index (χ0n) is 17.9. The maximum Gasteiger partial charge on any atom is 0.229 e. The molecule has 0 spiro atoms. The molecule has 10 nitrogen and oxygen atoms in total. The molecule has 4 N–H and O–H groups in total. The van der Waals surface area contributed by atoms with Crippen molar-refractivity contribution in [3.05, 3.63) is 37.1 Å². The summed E-state index contributed by atoms with van der Waals surface area (Å²) in [6.45, 7) is 5.80. The smallest absolute Gasteiger partial charge is 0.229 e. The Hall–Kier alpha value is -3.69. The molecule has 0 bridgehead atoms. The van der Waals surface area contributed by atoms with Crippen LogP contribution < -0.4 is 21.3 Å². The number of amides is 1. The Balaban J connectivity index is 1.29. The SMILES string of the molecule is C=CCn1nnc2ccc(Nc3ncc(N4CCC[C@H](C(=O)NC5CC5)C4)c(N)n3)cc21. The van der Waals surface area contributed by atoms with Crippen LogP contribution in [0.5, 0.6) is 0 Å². The molecule has 0 radical (unpaired) electrons. The average molecular weight is 434 g/mol. The van der Waals surface area contributed by atoms with Crippen molar-refractivity contribution in [2.75, 3.05) is 29.0 Å². The molecule has 0 unspecified atom stereocenters. The van der Waals surface area contributed by atoms with Crippen molar-refractivity contribution in [3.8, 4) is 0 Å². The second kappa shape index (κ2) is 8.45. The Bertz CT molecular complexity index is 1150. The van der Waals surface area contributed by atoms with Crippen LogP contribution in [0.15, 0.2) is 37.1 Å². The van der Waals surface area contributed by atoms with Crippen molar-refractivity contribution in [1.29, 1.82) is 0 Å². The van der Waals surface area contributed by atoms with Gasteiger partial charge in [0, 0.05) is 24.8 Å². The van der Waals surface area contributed by atoms with Gasteiger partial charge in [0.25, 0.3) is 0 Å². The van der Waals surface area contributed by atoms with Gasteiger partial charge in [-0.1, -0.05) is 11.3 Å². The number of nitrogens with zero attached hydrogens (tertiary/aromatic N) is 6. The third kappa shape index (κ3) is 4.20. The maximum atomic E-state index is 12.5. The average Bonchev–Trinajstić information content (AvgIpc) is 3.53. The highest BCUT2D eigenvalue weighted by atomic mass is 16.2. The summed E-state index contributed by atoms with van der Waals surface area (Å²) in [6.07, 6.45) is 7.53. The van der Waals surface area contributed by atoms with E-state index in [1.807, 2.05) is 18.2 Å². The quantitative estimate of drug-likeness (QED) is 0.484. The van der Waals surface area contributed by atoms with E-state index in [0.29, 0.717) is 30.9 Å². The number of aromatic nitrogens is 5. The van der Waals surface area contributed by atoms with Gasteiger partial charge in [0.1, 0.15) is 5.52 Å². The van der Waals surface area contributed by atoms with E-state index in [2.05, 4.69) is 42.4 Å². The number of benzene rings is 1. The Labute approximate surface area is 185 Å². The largest absolute Gasteiger partial charge is 0.382 e. The number of nitrogens with two attached hydrogens (primary N) is 1. The van der Waals surface area contributed by atoms with E-state index in [4.69, 9.17) is 5.73 Å². The molecule has 1 saturated carbocycles. The molecule has 3 aromatic rings. The molecular formula is C22H27N9O. The first kappa shape index (κ1) is 20.2. The van der Waals surface area contributed by atoms with E-state index in [-0.39, 0.29) is 11.8 Å². The minimum Gasteiger partial charge on any atom is -0.382 e. The highest BCUT2D eigenvalue weighted by Gasteiger charge is 2.31. The molecule has 2 aromatic heterocycles. The summed E-state index contributed by atoms with van der Waals surface area (Å²) in [7, 11) is 0. The summed E-state index contributed by atoms with van der Waals surface area (Å²) in [5, 5.41) is 14.6. The Morgan fingerprint density at radius 1 is 1.31 bits per heavy atom. The number of hydrogen-bond donors (Lipinski definition) is 3. The normalized spacial score (nSPS) is 18.5. The molecule has 32 heavy (non-hydrogen) atoms. The lowest BCUT2D eigenvalue weighted by Gasteiger charge is -2.33. The molecule has 10 heteroatoms. The van der Waals surface area contributed by atoms with Gasteiger partial charge in [0.15, 0.2) is 5.82 Å². The van der Waals surface area contributed by atoms with E-state index in [1.165, 1.54) is 0 Å². The van der Waals surface area contributed by atoms with Crippen LogP contribution in [-0.4, -0.2) is 50.0 Å². The highest BCUT2D eigenvalue weighted by molar-refractivity contribution is 5.81. The van der Waals surface area contributed by atoms with Crippen LogP contribution in [0.25, 0.3) is 11.0 Å². The molecular weight excluding hydrogens is 406 g/mol. The fraction of sp³-hybridized carbons (Fsp3) is 0.409. The predicted molar refractivity (Wildman–Crippen MR) is 124 cm³/mol. The lowest BCUT2D eigenvalue weighted by atomic mass is 9.96. The first-order valence-electron chi connectivity index (χ1n) is 11.0. The second-order valence-electron chi connectivity index (χ2n) is 8.42. The third-order valence-electron chi connectivity index (χ3n) is 5.93. The minimum absolute atomic E-state index is 0.0256. The molecule has 1 aliphatic carbocycles. The van der Waals surface area contributed by atoms with Crippen molar-refractivity contribution >= 4 is 40.1 Å². The highest BCUT2D eigenvalue weighted by Crippen LogP contribution is 2.29. The molecule has 166 valence electrons. The predicted octanol–water partition coefficient (Wildman–Crippen LogP) is 2.23. The van der Waals surface area contributed by atoms with Crippen molar-refractivity contribution in [2.45, 2.75) is 38.3 Å². The number of allylic oxidation sites excluding steroid dienone is 1. The number of anilines is 4. The van der Waals surface area contributed by atoms with Crippen LogP contribution in [0.3, 0.4) is 0 Å². The second-order valence-corrected chi connectivity index (χ2v) is 8.42. The number of fused-ring (bicyclic) bond motifs is 1. The number of rotatable bonds is 7.